The summed E-state index contributed by atoms with van der Waals surface area (Å²) in [6, 6.07) is 0. The first-order valence-corrected chi connectivity index (χ1v) is 17.9. The molecule has 244 valence electrons. The molecule has 0 aromatic heterocycles. The van der Waals surface area contributed by atoms with Crippen LogP contribution in [0.25, 0.3) is 0 Å². The summed E-state index contributed by atoms with van der Waals surface area (Å²) in [6.07, 6.45) is 29.7. The molecule has 0 bridgehead atoms. The van der Waals surface area contributed by atoms with Crippen LogP contribution < -0.4 is 0 Å². The molecule has 2 unspecified atom stereocenters. The Balaban J connectivity index is 4.18. The molecule has 0 aliphatic heterocycles. The molecule has 0 saturated carbocycles. The lowest BCUT2D eigenvalue weighted by Crippen LogP contribution is -2.27. The number of hydrogen-bond donors (Lipinski definition) is 0. The number of rotatable bonds is 31. The van der Waals surface area contributed by atoms with Crippen LogP contribution in [0.4, 0.5) is 0 Å². The zero-order chi connectivity index (χ0) is 30.4. The Morgan fingerprint density at radius 3 is 1.44 bits per heavy atom. The molecule has 0 aromatic rings. The molecule has 0 amide bonds. The van der Waals surface area contributed by atoms with E-state index < -0.39 is 0 Å². The highest BCUT2D eigenvalue weighted by atomic mass is 16.6. The lowest BCUT2D eigenvalue weighted by atomic mass is 10.0. The second-order valence-electron chi connectivity index (χ2n) is 12.8. The van der Waals surface area contributed by atoms with Crippen molar-refractivity contribution in [2.45, 2.75) is 187 Å². The molecule has 2 atom stereocenters. The van der Waals surface area contributed by atoms with Crippen LogP contribution in [0.5, 0.6) is 0 Å². The van der Waals surface area contributed by atoms with E-state index in [1.165, 1.54) is 116 Å². The summed E-state index contributed by atoms with van der Waals surface area (Å²) in [4.78, 5) is 27.2. The molecule has 0 aromatic carbocycles. The molecular weight excluding hydrogens is 510 g/mol. The van der Waals surface area contributed by atoms with Gasteiger partial charge in [0.1, 0.15) is 12.7 Å². The first-order valence-electron chi connectivity index (χ1n) is 17.9. The van der Waals surface area contributed by atoms with Gasteiger partial charge in [0, 0.05) is 6.42 Å². The van der Waals surface area contributed by atoms with Crippen LogP contribution in [0.15, 0.2) is 0 Å². The second-order valence-corrected chi connectivity index (χ2v) is 12.8. The molecule has 0 saturated heterocycles. The Bertz CT molecular complexity index is 580. The van der Waals surface area contributed by atoms with E-state index in [2.05, 4.69) is 18.7 Å². The second kappa shape index (κ2) is 30.4. The summed E-state index contributed by atoms with van der Waals surface area (Å²) in [5, 5.41) is 0. The van der Waals surface area contributed by atoms with Gasteiger partial charge in [-0.05, 0) is 46.3 Å². The van der Waals surface area contributed by atoms with Gasteiger partial charge < -0.3 is 14.4 Å². The van der Waals surface area contributed by atoms with Gasteiger partial charge in [0.25, 0.3) is 0 Å². The molecule has 0 aliphatic carbocycles. The van der Waals surface area contributed by atoms with Crippen molar-refractivity contribution in [3.8, 4) is 0 Å². The molecule has 0 spiro atoms. The molecule has 5 nitrogen and oxygen atoms in total. The van der Waals surface area contributed by atoms with Crippen LogP contribution in [-0.4, -0.2) is 50.2 Å². The highest BCUT2D eigenvalue weighted by Gasteiger charge is 2.20. The van der Waals surface area contributed by atoms with E-state index in [4.69, 9.17) is 9.47 Å². The fourth-order valence-electron chi connectivity index (χ4n) is 5.37. The van der Waals surface area contributed by atoms with E-state index in [9.17, 15) is 9.59 Å². The molecule has 0 heterocycles. The highest BCUT2D eigenvalue weighted by Crippen LogP contribution is 2.17. The lowest BCUT2D eigenvalue weighted by molar-refractivity contribution is -0.161. The van der Waals surface area contributed by atoms with Crippen LogP contribution in [0.1, 0.15) is 181 Å². The van der Waals surface area contributed by atoms with Crippen LogP contribution in [-0.2, 0) is 19.1 Å². The fraction of sp³-hybridized carbons (Fsp3) is 0.944. The van der Waals surface area contributed by atoms with Crippen molar-refractivity contribution in [2.24, 2.45) is 5.92 Å². The third kappa shape index (κ3) is 28.8. The molecule has 5 heteroatoms. The van der Waals surface area contributed by atoms with E-state index >= 15 is 0 Å². The van der Waals surface area contributed by atoms with Crippen molar-refractivity contribution in [3.05, 3.63) is 0 Å². The quantitative estimate of drug-likeness (QED) is 0.0602. The van der Waals surface area contributed by atoms with Crippen LogP contribution in [0, 0.1) is 5.92 Å². The van der Waals surface area contributed by atoms with Crippen LogP contribution in [0.3, 0.4) is 0 Å². The Hall–Kier alpha value is -1.10. The van der Waals surface area contributed by atoms with Crippen molar-refractivity contribution in [1.29, 1.82) is 0 Å². The molecule has 0 N–H and O–H groups in total. The van der Waals surface area contributed by atoms with E-state index in [-0.39, 0.29) is 30.6 Å². The largest absolute Gasteiger partial charge is 0.462 e. The maximum Gasteiger partial charge on any atom is 0.308 e. The predicted molar refractivity (Wildman–Crippen MR) is 175 cm³/mol. The van der Waals surface area contributed by atoms with Gasteiger partial charge in [0.15, 0.2) is 0 Å². The SMILES string of the molecule is CCCCCCCCCCCCCCC(C)C(=O)OCC(CCCCCCCCCCC)OC(=O)CCCN(C)C. The summed E-state index contributed by atoms with van der Waals surface area (Å²) in [5.41, 5.74) is 0. The van der Waals surface area contributed by atoms with Crippen LogP contribution in [0.2, 0.25) is 0 Å². The minimum Gasteiger partial charge on any atom is -0.462 e. The summed E-state index contributed by atoms with van der Waals surface area (Å²) < 4.78 is 11.5. The summed E-state index contributed by atoms with van der Waals surface area (Å²) >= 11 is 0. The van der Waals surface area contributed by atoms with Gasteiger partial charge in [0.05, 0.1) is 5.92 Å². The number of carbonyl (C=O) groups excluding carboxylic acids is 2. The summed E-state index contributed by atoms with van der Waals surface area (Å²) in [7, 11) is 4.02. The number of esters is 2. The number of unbranched alkanes of at least 4 members (excludes halogenated alkanes) is 19. The first kappa shape index (κ1) is 39.9. The smallest absolute Gasteiger partial charge is 0.308 e. The lowest BCUT2D eigenvalue weighted by Gasteiger charge is -2.20. The van der Waals surface area contributed by atoms with Crippen molar-refractivity contribution in [2.75, 3.05) is 27.2 Å². The molecular formula is C36H71NO4. The van der Waals surface area contributed by atoms with Crippen molar-refractivity contribution in [1.82, 2.24) is 4.90 Å². The van der Waals surface area contributed by atoms with Gasteiger partial charge >= 0.3 is 11.9 Å². The zero-order valence-corrected chi connectivity index (χ0v) is 28.3. The van der Waals surface area contributed by atoms with Crippen molar-refractivity contribution >= 4 is 11.9 Å². The average molecular weight is 582 g/mol. The van der Waals surface area contributed by atoms with Crippen LogP contribution >= 0.6 is 0 Å². The number of nitrogens with zero attached hydrogens (tertiary/aromatic N) is 1. The average Bonchev–Trinajstić information content (AvgIpc) is 2.94. The van der Waals surface area contributed by atoms with Crippen molar-refractivity contribution < 1.29 is 19.1 Å². The molecule has 0 rings (SSSR count). The Morgan fingerprint density at radius 2 is 1.00 bits per heavy atom. The van der Waals surface area contributed by atoms with Gasteiger partial charge in [-0.1, -0.05) is 149 Å². The first-order chi connectivity index (χ1) is 19.9. The molecule has 0 radical (unpaired) electrons. The predicted octanol–water partition coefficient (Wildman–Crippen LogP) is 10.4. The number of hydrogen-bond acceptors (Lipinski definition) is 5. The Kier molecular flexibility index (Phi) is 29.5. The van der Waals surface area contributed by atoms with E-state index in [1.807, 2.05) is 21.0 Å². The molecule has 0 fully saturated rings. The van der Waals surface area contributed by atoms with Gasteiger partial charge in [-0.3, -0.25) is 9.59 Å². The standard InChI is InChI=1S/C36H71NO4/c1-6-8-10-12-14-16-17-18-20-21-23-25-28-33(3)36(39)40-32-34(41-35(38)30-27-31-37(4)5)29-26-24-22-19-15-13-11-9-7-2/h33-34H,6-32H2,1-5H3. The monoisotopic (exact) mass is 582 g/mol. The zero-order valence-electron chi connectivity index (χ0n) is 28.3. The maximum absolute atomic E-state index is 12.7. The number of carbonyl (C=O) groups is 2. The van der Waals surface area contributed by atoms with Gasteiger partial charge in [-0.2, -0.15) is 0 Å². The minimum atomic E-state index is -0.325. The molecule has 41 heavy (non-hydrogen) atoms. The maximum atomic E-state index is 12.7. The third-order valence-corrected chi connectivity index (χ3v) is 8.22. The summed E-state index contributed by atoms with van der Waals surface area (Å²) in [6.45, 7) is 7.56. The van der Waals surface area contributed by atoms with Gasteiger partial charge in [-0.25, -0.2) is 0 Å². The highest BCUT2D eigenvalue weighted by molar-refractivity contribution is 5.72. The van der Waals surface area contributed by atoms with E-state index in [0.29, 0.717) is 6.42 Å². The third-order valence-electron chi connectivity index (χ3n) is 8.22. The fourth-order valence-corrected chi connectivity index (χ4v) is 5.37. The van der Waals surface area contributed by atoms with Crippen molar-refractivity contribution in [3.63, 3.8) is 0 Å². The number of ether oxygens (including phenoxy) is 2. The topological polar surface area (TPSA) is 55.8 Å². The van der Waals surface area contributed by atoms with E-state index in [1.54, 1.807) is 0 Å². The Labute approximate surface area is 256 Å². The Morgan fingerprint density at radius 1 is 0.585 bits per heavy atom. The van der Waals surface area contributed by atoms with Gasteiger partial charge in [0.2, 0.25) is 0 Å². The normalized spacial score (nSPS) is 12.9. The minimum absolute atomic E-state index is 0.0951. The summed E-state index contributed by atoms with van der Waals surface area (Å²) in [5.74, 6) is -0.413. The molecule has 0 aliphatic rings. The van der Waals surface area contributed by atoms with E-state index in [0.717, 1.165) is 45.1 Å². The van der Waals surface area contributed by atoms with Gasteiger partial charge in [-0.15, -0.1) is 0 Å².